The summed E-state index contributed by atoms with van der Waals surface area (Å²) in [6.07, 6.45) is 1.63. The quantitative estimate of drug-likeness (QED) is 0.494. The lowest BCUT2D eigenvalue weighted by molar-refractivity contribution is -0.00940. The summed E-state index contributed by atoms with van der Waals surface area (Å²) in [5.74, 6) is 0.443. The highest BCUT2D eigenvalue weighted by Crippen LogP contribution is 2.27. The number of carbonyl (C=O) groups excluding carboxylic acids is 2. The van der Waals surface area contributed by atoms with Gasteiger partial charge in [-0.25, -0.2) is 9.97 Å². The number of oxazole rings is 1. The van der Waals surface area contributed by atoms with Crippen molar-refractivity contribution in [2.45, 2.75) is 12.1 Å². The molecule has 4 aromatic rings. The van der Waals surface area contributed by atoms with Gasteiger partial charge in [-0.15, -0.1) is 11.3 Å². The van der Waals surface area contributed by atoms with Crippen molar-refractivity contribution in [2.75, 3.05) is 26.2 Å². The van der Waals surface area contributed by atoms with Crippen LogP contribution in [0.1, 0.15) is 20.2 Å². The molecule has 2 saturated heterocycles. The van der Waals surface area contributed by atoms with E-state index in [2.05, 4.69) is 20.2 Å². The van der Waals surface area contributed by atoms with Gasteiger partial charge in [0.1, 0.15) is 5.52 Å². The summed E-state index contributed by atoms with van der Waals surface area (Å²) in [6.45, 7) is 2.99. The third kappa shape index (κ3) is 3.79. The monoisotopic (exact) mass is 459 g/mol. The molecule has 0 aliphatic carbocycles. The van der Waals surface area contributed by atoms with E-state index in [4.69, 9.17) is 4.42 Å². The number of carbonyl (C=O) groups is 2. The van der Waals surface area contributed by atoms with Gasteiger partial charge >= 0.3 is 0 Å². The first kappa shape index (κ1) is 20.1. The van der Waals surface area contributed by atoms with Crippen LogP contribution in [0.2, 0.25) is 0 Å². The third-order valence-electron chi connectivity index (χ3n) is 6.19. The van der Waals surface area contributed by atoms with E-state index < -0.39 is 0 Å². The number of fused-ring (bicyclic) bond motifs is 1. The number of nitrogens with zero attached hydrogens (tertiary/aromatic N) is 4. The number of likely N-dealkylation sites (tertiary alicyclic amines) is 2. The molecule has 2 aromatic carbocycles. The fourth-order valence-corrected chi connectivity index (χ4v) is 4.82. The second-order valence-electron chi connectivity index (χ2n) is 8.39. The highest BCUT2D eigenvalue weighted by atomic mass is 32.1. The van der Waals surface area contributed by atoms with Gasteiger partial charge in [0.15, 0.2) is 10.6 Å². The Morgan fingerprint density at radius 2 is 1.88 bits per heavy atom. The zero-order valence-electron chi connectivity index (χ0n) is 17.7. The largest absolute Gasteiger partial charge is 0.436 e. The summed E-state index contributed by atoms with van der Waals surface area (Å²) in [7, 11) is 0. The van der Waals surface area contributed by atoms with E-state index in [1.54, 1.807) is 23.7 Å². The van der Waals surface area contributed by atoms with E-state index in [1.807, 2.05) is 41.3 Å². The summed E-state index contributed by atoms with van der Waals surface area (Å²) < 4.78 is 5.85. The van der Waals surface area contributed by atoms with E-state index in [0.29, 0.717) is 46.7 Å². The van der Waals surface area contributed by atoms with E-state index in [0.717, 1.165) is 18.7 Å². The lowest BCUT2D eigenvalue weighted by Crippen LogP contribution is -2.70. The first-order chi connectivity index (χ1) is 16.1. The molecule has 0 atom stereocenters. The van der Waals surface area contributed by atoms with Crippen LogP contribution in [0.3, 0.4) is 0 Å². The van der Waals surface area contributed by atoms with Crippen molar-refractivity contribution >= 4 is 34.3 Å². The predicted octanol–water partition coefficient (Wildman–Crippen LogP) is 2.89. The number of aromatic nitrogens is 2. The summed E-state index contributed by atoms with van der Waals surface area (Å²) in [5.41, 5.74) is 2.87. The van der Waals surface area contributed by atoms with Crippen LogP contribution < -0.4 is 5.32 Å². The van der Waals surface area contributed by atoms with Gasteiger partial charge in [-0.05, 0) is 30.3 Å². The summed E-state index contributed by atoms with van der Waals surface area (Å²) in [5, 5.41) is 5.30. The van der Waals surface area contributed by atoms with Crippen molar-refractivity contribution in [1.29, 1.82) is 0 Å². The van der Waals surface area contributed by atoms with Gasteiger partial charge in [0.2, 0.25) is 5.89 Å². The molecule has 1 N–H and O–H groups in total. The molecule has 2 aliphatic rings. The molecule has 2 fully saturated rings. The highest BCUT2D eigenvalue weighted by Gasteiger charge is 2.41. The van der Waals surface area contributed by atoms with Gasteiger partial charge in [-0.1, -0.05) is 18.2 Å². The van der Waals surface area contributed by atoms with Crippen LogP contribution >= 0.6 is 11.3 Å². The van der Waals surface area contributed by atoms with E-state index in [1.165, 1.54) is 11.3 Å². The van der Waals surface area contributed by atoms with Crippen LogP contribution in [0.4, 0.5) is 0 Å². The molecule has 2 aromatic heterocycles. The van der Waals surface area contributed by atoms with Crippen molar-refractivity contribution in [3.05, 3.63) is 70.7 Å². The maximum absolute atomic E-state index is 12.9. The number of amides is 2. The molecule has 166 valence electrons. The van der Waals surface area contributed by atoms with E-state index in [9.17, 15) is 9.59 Å². The number of hydrogen-bond donors (Lipinski definition) is 1. The van der Waals surface area contributed by atoms with Gasteiger partial charge < -0.3 is 14.6 Å². The molecule has 0 radical (unpaired) electrons. The Kier molecular flexibility index (Phi) is 4.92. The zero-order valence-corrected chi connectivity index (χ0v) is 18.5. The molecule has 2 amide bonds. The average molecular weight is 460 g/mol. The zero-order chi connectivity index (χ0) is 22.4. The molecule has 9 heteroatoms. The molecule has 2 aliphatic heterocycles. The maximum atomic E-state index is 12.9. The SMILES string of the molecule is O=C(NC1CN(C2CN(C(=O)c3ccc4oc(-c5ccccc5)nc4c3)C2)C1)c1nccs1. The lowest BCUT2D eigenvalue weighted by Gasteiger charge is -2.51. The fraction of sp³-hybridized carbons (Fsp3) is 0.250. The summed E-state index contributed by atoms with van der Waals surface area (Å²) in [6, 6.07) is 15.6. The Morgan fingerprint density at radius 3 is 2.64 bits per heavy atom. The molecule has 8 nitrogen and oxygen atoms in total. The molecular weight excluding hydrogens is 438 g/mol. The molecule has 0 bridgehead atoms. The standard InChI is InChI=1S/C24H21N5O3S/c30-21(23-25-8-9-33-23)26-17-11-28(12-17)18-13-29(14-18)24(31)16-6-7-20-19(10-16)27-22(32-20)15-4-2-1-3-5-15/h1-10,17-18H,11-14H2,(H,26,30). The van der Waals surface area contributed by atoms with E-state index in [-0.39, 0.29) is 17.9 Å². The number of rotatable bonds is 5. The van der Waals surface area contributed by atoms with Crippen molar-refractivity contribution in [3.8, 4) is 11.5 Å². The number of thiazole rings is 1. The molecule has 0 spiro atoms. The minimum atomic E-state index is -0.112. The Bertz CT molecular complexity index is 1310. The normalized spacial score (nSPS) is 17.0. The Labute approximate surface area is 193 Å². The predicted molar refractivity (Wildman–Crippen MR) is 124 cm³/mol. The topological polar surface area (TPSA) is 91.6 Å². The molecule has 4 heterocycles. The molecule has 6 rings (SSSR count). The smallest absolute Gasteiger partial charge is 0.280 e. The second kappa shape index (κ2) is 8.09. The Hall–Kier alpha value is -3.56. The second-order valence-corrected chi connectivity index (χ2v) is 9.29. The van der Waals surface area contributed by atoms with Gasteiger partial charge in [0.05, 0.1) is 6.04 Å². The first-order valence-corrected chi connectivity index (χ1v) is 11.7. The van der Waals surface area contributed by atoms with Crippen LogP contribution in [-0.2, 0) is 0 Å². The van der Waals surface area contributed by atoms with Crippen LogP contribution in [-0.4, -0.2) is 69.8 Å². The first-order valence-electron chi connectivity index (χ1n) is 10.8. The molecule has 0 unspecified atom stereocenters. The van der Waals surface area contributed by atoms with Gasteiger partial charge in [-0.3, -0.25) is 14.5 Å². The minimum absolute atomic E-state index is 0.00607. The number of nitrogens with one attached hydrogen (secondary N) is 1. The van der Waals surface area contributed by atoms with Gasteiger partial charge in [-0.2, -0.15) is 0 Å². The number of hydrogen-bond acceptors (Lipinski definition) is 7. The Balaban J connectivity index is 1.04. The van der Waals surface area contributed by atoms with Gasteiger partial charge in [0.25, 0.3) is 11.8 Å². The fourth-order valence-electron chi connectivity index (χ4n) is 4.28. The van der Waals surface area contributed by atoms with Crippen LogP contribution in [0.5, 0.6) is 0 Å². The van der Waals surface area contributed by atoms with Crippen molar-refractivity contribution in [1.82, 2.24) is 25.1 Å². The molecule has 33 heavy (non-hydrogen) atoms. The Morgan fingerprint density at radius 1 is 1.06 bits per heavy atom. The third-order valence-corrected chi connectivity index (χ3v) is 6.96. The van der Waals surface area contributed by atoms with Gasteiger partial charge in [0, 0.05) is 54.9 Å². The van der Waals surface area contributed by atoms with Crippen LogP contribution in [0, 0.1) is 0 Å². The van der Waals surface area contributed by atoms with Crippen molar-refractivity contribution < 1.29 is 14.0 Å². The van der Waals surface area contributed by atoms with Crippen LogP contribution in [0.25, 0.3) is 22.6 Å². The van der Waals surface area contributed by atoms with E-state index >= 15 is 0 Å². The lowest BCUT2D eigenvalue weighted by atomic mass is 9.98. The summed E-state index contributed by atoms with van der Waals surface area (Å²) >= 11 is 1.34. The van der Waals surface area contributed by atoms with Crippen LogP contribution in [0.15, 0.2) is 64.5 Å². The maximum Gasteiger partial charge on any atom is 0.280 e. The summed E-state index contributed by atoms with van der Waals surface area (Å²) in [4.78, 5) is 37.8. The average Bonchev–Trinajstić information content (AvgIpc) is 3.46. The highest BCUT2D eigenvalue weighted by molar-refractivity contribution is 7.11. The number of benzene rings is 2. The molecule has 0 saturated carbocycles. The van der Waals surface area contributed by atoms with Crippen molar-refractivity contribution in [3.63, 3.8) is 0 Å². The minimum Gasteiger partial charge on any atom is -0.436 e. The van der Waals surface area contributed by atoms with Crippen molar-refractivity contribution in [2.24, 2.45) is 0 Å². The molecular formula is C24H21N5O3S.